The number of piperazine rings is 1. The molecule has 1 aliphatic heterocycles. The number of anilines is 2. The summed E-state index contributed by atoms with van der Waals surface area (Å²) >= 11 is 5.96. The molecule has 2 rings (SSSR count). The summed E-state index contributed by atoms with van der Waals surface area (Å²) in [6.07, 6.45) is 0. The number of nitrogens with zero attached hydrogens (tertiary/aromatic N) is 2. The summed E-state index contributed by atoms with van der Waals surface area (Å²) in [6, 6.07) is 5.15. The minimum atomic E-state index is -3.55. The van der Waals surface area contributed by atoms with Gasteiger partial charge < -0.3 is 10.2 Å². The van der Waals surface area contributed by atoms with Crippen LogP contribution in [-0.4, -0.2) is 53.0 Å². The van der Waals surface area contributed by atoms with Gasteiger partial charge in [0.25, 0.3) is 0 Å². The maximum absolute atomic E-state index is 12.4. The highest BCUT2D eigenvalue weighted by molar-refractivity contribution is 7.90. The Morgan fingerprint density at radius 3 is 2.55 bits per heavy atom. The van der Waals surface area contributed by atoms with Gasteiger partial charge in [-0.25, -0.2) is 0 Å². The first-order chi connectivity index (χ1) is 9.40. The average Bonchev–Trinajstić information content (AvgIpc) is 2.39. The van der Waals surface area contributed by atoms with Crippen LogP contribution in [0.3, 0.4) is 0 Å². The van der Waals surface area contributed by atoms with Gasteiger partial charge in [-0.3, -0.25) is 4.72 Å². The molecule has 1 aromatic carbocycles. The van der Waals surface area contributed by atoms with E-state index < -0.39 is 10.2 Å². The van der Waals surface area contributed by atoms with Gasteiger partial charge in [-0.05, 0) is 18.2 Å². The first-order valence-electron chi connectivity index (χ1n) is 6.35. The van der Waals surface area contributed by atoms with E-state index in [9.17, 15) is 8.42 Å². The minimum absolute atomic E-state index is 0.465. The smallest absolute Gasteiger partial charge is 0.301 e. The second-order valence-electron chi connectivity index (χ2n) is 4.81. The molecule has 0 unspecified atom stereocenters. The van der Waals surface area contributed by atoms with Crippen LogP contribution in [0, 0.1) is 0 Å². The fourth-order valence-electron chi connectivity index (χ4n) is 2.07. The first kappa shape index (κ1) is 15.4. The number of benzene rings is 1. The monoisotopic (exact) mass is 318 g/mol. The molecule has 0 saturated carbocycles. The van der Waals surface area contributed by atoms with Gasteiger partial charge in [-0.15, -0.1) is 0 Å². The molecule has 1 fully saturated rings. The maximum atomic E-state index is 12.4. The summed E-state index contributed by atoms with van der Waals surface area (Å²) in [5, 5.41) is 3.62. The lowest BCUT2D eigenvalue weighted by atomic mass is 10.2. The van der Waals surface area contributed by atoms with E-state index in [1.807, 2.05) is 19.0 Å². The molecular weight excluding hydrogens is 300 g/mol. The first-order valence-corrected chi connectivity index (χ1v) is 8.17. The van der Waals surface area contributed by atoms with E-state index >= 15 is 0 Å². The van der Waals surface area contributed by atoms with Crippen molar-refractivity contribution in [3.05, 3.63) is 23.2 Å². The summed E-state index contributed by atoms with van der Waals surface area (Å²) in [6.45, 7) is 2.26. The van der Waals surface area contributed by atoms with Crippen molar-refractivity contribution in [2.75, 3.05) is 49.9 Å². The number of halogens is 1. The van der Waals surface area contributed by atoms with E-state index in [4.69, 9.17) is 11.6 Å². The van der Waals surface area contributed by atoms with E-state index in [-0.39, 0.29) is 0 Å². The quantitative estimate of drug-likeness (QED) is 0.868. The van der Waals surface area contributed by atoms with Crippen molar-refractivity contribution in [3.63, 3.8) is 0 Å². The molecule has 0 spiro atoms. The molecule has 1 aromatic rings. The Hall–Kier alpha value is -1.02. The van der Waals surface area contributed by atoms with Crippen LogP contribution in [0.1, 0.15) is 0 Å². The van der Waals surface area contributed by atoms with Crippen LogP contribution in [0.2, 0.25) is 5.02 Å². The van der Waals surface area contributed by atoms with Gasteiger partial charge in [0, 0.05) is 45.3 Å². The van der Waals surface area contributed by atoms with E-state index in [0.29, 0.717) is 36.9 Å². The number of rotatable bonds is 4. The molecule has 0 radical (unpaired) electrons. The molecule has 8 heteroatoms. The molecule has 0 aromatic heterocycles. The topological polar surface area (TPSA) is 64.7 Å². The Balaban J connectivity index is 2.26. The highest BCUT2D eigenvalue weighted by atomic mass is 35.5. The van der Waals surface area contributed by atoms with Crippen LogP contribution in [0.4, 0.5) is 11.4 Å². The molecule has 0 amide bonds. The Morgan fingerprint density at radius 2 is 1.95 bits per heavy atom. The van der Waals surface area contributed by atoms with Crippen LogP contribution in [0.15, 0.2) is 18.2 Å². The summed E-state index contributed by atoms with van der Waals surface area (Å²) in [7, 11) is 0.155. The molecule has 2 N–H and O–H groups in total. The number of hydrogen-bond donors (Lipinski definition) is 2. The van der Waals surface area contributed by atoms with Crippen molar-refractivity contribution in [1.82, 2.24) is 9.62 Å². The van der Waals surface area contributed by atoms with Gasteiger partial charge in [-0.2, -0.15) is 12.7 Å². The van der Waals surface area contributed by atoms with Crippen molar-refractivity contribution in [2.45, 2.75) is 0 Å². The molecule has 1 saturated heterocycles. The zero-order chi connectivity index (χ0) is 14.8. The van der Waals surface area contributed by atoms with Crippen LogP contribution in [0.5, 0.6) is 0 Å². The van der Waals surface area contributed by atoms with Crippen LogP contribution < -0.4 is 14.9 Å². The molecule has 0 bridgehead atoms. The van der Waals surface area contributed by atoms with E-state index in [1.54, 1.807) is 18.2 Å². The minimum Gasteiger partial charge on any atom is -0.376 e. The summed E-state index contributed by atoms with van der Waals surface area (Å²) in [4.78, 5) is 1.84. The van der Waals surface area contributed by atoms with Crippen molar-refractivity contribution in [3.8, 4) is 0 Å². The van der Waals surface area contributed by atoms with Gasteiger partial charge in [-0.1, -0.05) is 11.6 Å². The predicted molar refractivity (Wildman–Crippen MR) is 82.8 cm³/mol. The molecule has 1 heterocycles. The van der Waals surface area contributed by atoms with Gasteiger partial charge in [0.2, 0.25) is 0 Å². The Kier molecular flexibility index (Phi) is 4.74. The summed E-state index contributed by atoms with van der Waals surface area (Å²) < 4.78 is 28.8. The molecule has 0 aliphatic carbocycles. The summed E-state index contributed by atoms with van der Waals surface area (Å²) in [5.41, 5.74) is 1.26. The van der Waals surface area contributed by atoms with Crippen molar-refractivity contribution in [1.29, 1.82) is 0 Å². The third kappa shape index (κ3) is 3.54. The van der Waals surface area contributed by atoms with E-state index in [1.165, 1.54) is 4.31 Å². The zero-order valence-electron chi connectivity index (χ0n) is 11.6. The normalized spacial score (nSPS) is 16.9. The highest BCUT2D eigenvalue weighted by Crippen LogP contribution is 2.29. The van der Waals surface area contributed by atoms with Gasteiger partial charge >= 0.3 is 10.2 Å². The molecule has 20 heavy (non-hydrogen) atoms. The lowest BCUT2D eigenvalue weighted by molar-refractivity contribution is 0.362. The highest BCUT2D eigenvalue weighted by Gasteiger charge is 2.24. The molecule has 112 valence electrons. The Bertz CT molecular complexity index is 571. The zero-order valence-corrected chi connectivity index (χ0v) is 13.1. The van der Waals surface area contributed by atoms with Crippen LogP contribution in [-0.2, 0) is 10.2 Å². The second kappa shape index (κ2) is 6.17. The van der Waals surface area contributed by atoms with Gasteiger partial charge in [0.15, 0.2) is 0 Å². The number of nitrogens with one attached hydrogen (secondary N) is 2. The average molecular weight is 319 g/mol. The molecule has 6 nitrogen and oxygen atoms in total. The third-order valence-corrected chi connectivity index (χ3v) is 4.85. The second-order valence-corrected chi connectivity index (χ2v) is 6.92. The van der Waals surface area contributed by atoms with Crippen molar-refractivity contribution in [2.24, 2.45) is 0 Å². The third-order valence-electron chi connectivity index (χ3n) is 3.10. The molecule has 1 aliphatic rings. The largest absolute Gasteiger partial charge is 0.376 e. The van der Waals surface area contributed by atoms with Crippen molar-refractivity contribution < 1.29 is 8.42 Å². The summed E-state index contributed by atoms with van der Waals surface area (Å²) in [5.74, 6) is 0. The Labute approximate surface area is 124 Å². The standard InChI is InChI=1S/C12H19ClN4O2S/c1-16(2)12-4-3-10(13)9-11(12)15-20(18,19)17-7-5-14-6-8-17/h3-4,9,14-15H,5-8H2,1-2H3. The fourth-order valence-corrected chi connectivity index (χ4v) is 3.47. The van der Waals surface area contributed by atoms with E-state index in [0.717, 1.165) is 5.69 Å². The number of hydrogen-bond acceptors (Lipinski definition) is 4. The van der Waals surface area contributed by atoms with Gasteiger partial charge in [0.05, 0.1) is 11.4 Å². The molecule has 0 atom stereocenters. The van der Waals surface area contributed by atoms with Gasteiger partial charge in [0.1, 0.15) is 0 Å². The maximum Gasteiger partial charge on any atom is 0.301 e. The fraction of sp³-hybridized carbons (Fsp3) is 0.500. The van der Waals surface area contributed by atoms with Crippen LogP contribution in [0.25, 0.3) is 0 Å². The van der Waals surface area contributed by atoms with E-state index in [2.05, 4.69) is 10.0 Å². The Morgan fingerprint density at radius 1 is 1.30 bits per heavy atom. The SMILES string of the molecule is CN(C)c1ccc(Cl)cc1NS(=O)(=O)N1CCNCC1. The molecular formula is C12H19ClN4O2S. The van der Waals surface area contributed by atoms with Crippen LogP contribution >= 0.6 is 11.6 Å². The lowest BCUT2D eigenvalue weighted by Crippen LogP contribution is -2.48. The van der Waals surface area contributed by atoms with Crippen molar-refractivity contribution >= 4 is 33.2 Å². The predicted octanol–water partition coefficient (Wildman–Crippen LogP) is 0.968. The lowest BCUT2D eigenvalue weighted by Gasteiger charge is -2.28.